The lowest BCUT2D eigenvalue weighted by Crippen LogP contribution is -2.42. The number of hydrogen-bond donors (Lipinski definition) is 0. The minimum absolute atomic E-state index is 0.00852. The van der Waals surface area contributed by atoms with Crippen LogP contribution in [0.5, 0.6) is 0 Å². The molecule has 0 radical (unpaired) electrons. The minimum Gasteiger partial charge on any atom is -0.342 e. The average Bonchev–Trinajstić information content (AvgIpc) is 2.27. The van der Waals surface area contributed by atoms with Crippen molar-refractivity contribution in [3.05, 3.63) is 0 Å². The van der Waals surface area contributed by atoms with Gasteiger partial charge in [-0.25, -0.2) is 0 Å². The summed E-state index contributed by atoms with van der Waals surface area (Å²) in [6.07, 6.45) is 2.12. The van der Waals surface area contributed by atoms with E-state index in [2.05, 4.69) is 19.0 Å². The summed E-state index contributed by atoms with van der Waals surface area (Å²) in [7, 11) is 4.16. The zero-order valence-electron chi connectivity index (χ0n) is 10.4. The lowest BCUT2D eigenvalue weighted by molar-refractivity contribution is -0.134. The van der Waals surface area contributed by atoms with Crippen LogP contribution in [-0.2, 0) is 4.79 Å². The van der Waals surface area contributed by atoms with Crippen molar-refractivity contribution in [2.75, 3.05) is 33.7 Å². The second-order valence-electron chi connectivity index (χ2n) is 4.88. The van der Waals surface area contributed by atoms with Crippen molar-refractivity contribution in [3.8, 4) is 6.07 Å². The Morgan fingerprint density at radius 2 is 2.06 bits per heavy atom. The fourth-order valence-corrected chi connectivity index (χ4v) is 2.18. The number of amides is 1. The van der Waals surface area contributed by atoms with Gasteiger partial charge in [0.2, 0.25) is 5.91 Å². The van der Waals surface area contributed by atoms with Crippen molar-refractivity contribution < 1.29 is 4.79 Å². The van der Waals surface area contributed by atoms with Crippen molar-refractivity contribution in [2.24, 2.45) is 11.8 Å². The fourth-order valence-electron chi connectivity index (χ4n) is 2.18. The zero-order valence-corrected chi connectivity index (χ0v) is 10.4. The number of piperidine rings is 1. The van der Waals surface area contributed by atoms with Crippen LogP contribution < -0.4 is 0 Å². The van der Waals surface area contributed by atoms with Gasteiger partial charge in [-0.05, 0) is 39.8 Å². The Kier molecular flexibility index (Phi) is 4.75. The topological polar surface area (TPSA) is 47.3 Å². The molecule has 0 aromatic carbocycles. The molecule has 4 nitrogen and oxygen atoms in total. The molecule has 90 valence electrons. The molecule has 0 aromatic rings. The molecular weight excluding hydrogens is 202 g/mol. The molecule has 0 spiro atoms. The molecule has 0 bridgehead atoms. The Hall–Kier alpha value is -1.08. The second kappa shape index (κ2) is 5.86. The highest BCUT2D eigenvalue weighted by atomic mass is 16.2. The third-order valence-electron chi connectivity index (χ3n) is 3.11. The van der Waals surface area contributed by atoms with Crippen LogP contribution in [0.1, 0.15) is 19.8 Å². The van der Waals surface area contributed by atoms with Crippen molar-refractivity contribution in [2.45, 2.75) is 19.8 Å². The van der Waals surface area contributed by atoms with E-state index in [1.807, 2.05) is 11.0 Å². The van der Waals surface area contributed by atoms with Crippen LogP contribution in [-0.4, -0.2) is 49.4 Å². The summed E-state index contributed by atoms with van der Waals surface area (Å²) in [5, 5.41) is 8.70. The van der Waals surface area contributed by atoms with Gasteiger partial charge in [-0.1, -0.05) is 0 Å². The van der Waals surface area contributed by atoms with Crippen molar-refractivity contribution in [1.82, 2.24) is 9.80 Å². The maximum absolute atomic E-state index is 11.8. The number of nitrogens with zero attached hydrogens (tertiary/aromatic N) is 3. The summed E-state index contributed by atoms with van der Waals surface area (Å²) in [6.45, 7) is 4.39. The normalized spacial score (nSPS) is 19.6. The van der Waals surface area contributed by atoms with Crippen LogP contribution in [0.25, 0.3) is 0 Å². The molecule has 1 atom stereocenters. The largest absolute Gasteiger partial charge is 0.342 e. The van der Waals surface area contributed by atoms with Crippen LogP contribution in [0.15, 0.2) is 0 Å². The summed E-state index contributed by atoms with van der Waals surface area (Å²) >= 11 is 0. The first-order chi connectivity index (χ1) is 7.54. The Morgan fingerprint density at radius 3 is 2.50 bits per heavy atom. The molecule has 0 N–H and O–H groups in total. The van der Waals surface area contributed by atoms with Gasteiger partial charge in [-0.15, -0.1) is 0 Å². The van der Waals surface area contributed by atoms with Crippen LogP contribution in [0.3, 0.4) is 0 Å². The molecule has 1 heterocycles. The smallest absolute Gasteiger partial charge is 0.239 e. The van der Waals surface area contributed by atoms with Gasteiger partial charge in [0.25, 0.3) is 0 Å². The summed E-state index contributed by atoms with van der Waals surface area (Å²) < 4.78 is 0. The molecule has 1 amide bonds. The van der Waals surface area contributed by atoms with Crippen molar-refractivity contribution >= 4 is 5.91 Å². The molecule has 1 aliphatic rings. The van der Waals surface area contributed by atoms with E-state index in [1.54, 1.807) is 6.92 Å². The molecule has 16 heavy (non-hydrogen) atoms. The minimum atomic E-state index is -0.495. The summed E-state index contributed by atoms with van der Waals surface area (Å²) in [6, 6.07) is 2.01. The number of nitriles is 1. The SMILES string of the molecule is CC(C#N)C(=O)N1CCC(CN(C)C)CC1. The van der Waals surface area contributed by atoms with E-state index < -0.39 is 5.92 Å². The van der Waals surface area contributed by atoms with E-state index in [1.165, 1.54) is 0 Å². The molecule has 0 saturated carbocycles. The fraction of sp³-hybridized carbons (Fsp3) is 0.833. The van der Waals surface area contributed by atoms with Crippen molar-refractivity contribution in [3.63, 3.8) is 0 Å². The first-order valence-electron chi connectivity index (χ1n) is 5.87. The molecule has 4 heteroatoms. The van der Waals surface area contributed by atoms with Gasteiger partial charge >= 0.3 is 0 Å². The number of likely N-dealkylation sites (tertiary alicyclic amines) is 1. The van der Waals surface area contributed by atoms with E-state index in [0.29, 0.717) is 5.92 Å². The highest BCUT2D eigenvalue weighted by molar-refractivity contribution is 5.80. The molecule has 0 aliphatic carbocycles. The van der Waals surface area contributed by atoms with Gasteiger partial charge in [0.1, 0.15) is 5.92 Å². The quantitative estimate of drug-likeness (QED) is 0.715. The van der Waals surface area contributed by atoms with E-state index in [-0.39, 0.29) is 5.91 Å². The van der Waals surface area contributed by atoms with Gasteiger partial charge in [-0.2, -0.15) is 5.26 Å². The van der Waals surface area contributed by atoms with Crippen LogP contribution in [0.2, 0.25) is 0 Å². The summed E-state index contributed by atoms with van der Waals surface area (Å²) in [5.41, 5.74) is 0. The monoisotopic (exact) mass is 223 g/mol. The Balaban J connectivity index is 2.38. The predicted octanol–water partition coefficient (Wildman–Crippen LogP) is 0.946. The maximum atomic E-state index is 11.8. The Bertz CT molecular complexity index is 274. The molecule has 1 fully saturated rings. The Labute approximate surface area is 97.8 Å². The number of rotatable bonds is 3. The number of hydrogen-bond acceptors (Lipinski definition) is 3. The highest BCUT2D eigenvalue weighted by Gasteiger charge is 2.25. The zero-order chi connectivity index (χ0) is 12.1. The first kappa shape index (κ1) is 13.0. The van der Waals surface area contributed by atoms with Gasteiger partial charge in [0.15, 0.2) is 0 Å². The molecule has 1 rings (SSSR count). The van der Waals surface area contributed by atoms with Gasteiger partial charge in [-0.3, -0.25) is 4.79 Å². The number of carbonyl (C=O) groups excluding carboxylic acids is 1. The lowest BCUT2D eigenvalue weighted by atomic mass is 9.95. The second-order valence-corrected chi connectivity index (χ2v) is 4.88. The Morgan fingerprint density at radius 1 is 1.50 bits per heavy atom. The average molecular weight is 223 g/mol. The molecule has 1 unspecified atom stereocenters. The lowest BCUT2D eigenvalue weighted by Gasteiger charge is -2.33. The third kappa shape index (κ3) is 3.49. The maximum Gasteiger partial charge on any atom is 0.239 e. The van der Waals surface area contributed by atoms with Crippen molar-refractivity contribution in [1.29, 1.82) is 5.26 Å². The van der Waals surface area contributed by atoms with E-state index in [4.69, 9.17) is 5.26 Å². The summed E-state index contributed by atoms with van der Waals surface area (Å²) in [5.74, 6) is 0.188. The van der Waals surface area contributed by atoms with Crippen LogP contribution in [0, 0.1) is 23.2 Å². The number of carbonyl (C=O) groups is 1. The molecular formula is C12H21N3O. The highest BCUT2D eigenvalue weighted by Crippen LogP contribution is 2.19. The van der Waals surface area contributed by atoms with E-state index in [9.17, 15) is 4.79 Å². The van der Waals surface area contributed by atoms with Crippen LogP contribution >= 0.6 is 0 Å². The first-order valence-corrected chi connectivity index (χ1v) is 5.87. The summed E-state index contributed by atoms with van der Waals surface area (Å²) in [4.78, 5) is 15.8. The predicted molar refractivity (Wildman–Crippen MR) is 62.6 cm³/mol. The molecule has 1 saturated heterocycles. The standard InChI is InChI=1S/C12H21N3O/c1-10(8-13)12(16)15-6-4-11(5-7-15)9-14(2)3/h10-11H,4-7,9H2,1-3H3. The van der Waals surface area contributed by atoms with Gasteiger partial charge in [0, 0.05) is 19.6 Å². The molecule has 0 aromatic heterocycles. The molecule has 1 aliphatic heterocycles. The van der Waals surface area contributed by atoms with E-state index >= 15 is 0 Å². The van der Waals surface area contributed by atoms with Crippen LogP contribution in [0.4, 0.5) is 0 Å². The van der Waals surface area contributed by atoms with Gasteiger partial charge < -0.3 is 9.80 Å². The van der Waals surface area contributed by atoms with E-state index in [0.717, 1.165) is 32.5 Å². The third-order valence-corrected chi connectivity index (χ3v) is 3.11. The van der Waals surface area contributed by atoms with Gasteiger partial charge in [0.05, 0.1) is 6.07 Å².